The molecule has 1 aromatic heterocycles. The Morgan fingerprint density at radius 1 is 1.50 bits per heavy atom. The SMILES string of the molecule is [2H]c1c([2H])c([2H])c2c(c(CCN)cn2OC)c1[2H]. The van der Waals surface area contributed by atoms with Gasteiger partial charge in [0.2, 0.25) is 0 Å². The van der Waals surface area contributed by atoms with Crippen molar-refractivity contribution in [3.63, 3.8) is 0 Å². The lowest BCUT2D eigenvalue weighted by Gasteiger charge is -2.00. The maximum Gasteiger partial charge on any atom is 0.104 e. The van der Waals surface area contributed by atoms with Gasteiger partial charge in [-0.1, -0.05) is 18.1 Å². The number of aromatic nitrogens is 1. The fourth-order valence-corrected chi connectivity index (χ4v) is 1.46. The zero-order chi connectivity index (χ0) is 13.4. The van der Waals surface area contributed by atoms with Crippen LogP contribution in [0.2, 0.25) is 0 Å². The molecule has 14 heavy (non-hydrogen) atoms. The lowest BCUT2D eigenvalue weighted by atomic mass is 10.1. The van der Waals surface area contributed by atoms with Gasteiger partial charge in [-0.15, -0.1) is 0 Å². The van der Waals surface area contributed by atoms with E-state index < -0.39 is 0 Å². The van der Waals surface area contributed by atoms with E-state index >= 15 is 0 Å². The highest BCUT2D eigenvalue weighted by Gasteiger charge is 2.06. The summed E-state index contributed by atoms with van der Waals surface area (Å²) in [7, 11) is 1.45. The lowest BCUT2D eigenvalue weighted by molar-refractivity contribution is 0.179. The van der Waals surface area contributed by atoms with Crippen molar-refractivity contribution in [1.82, 2.24) is 4.73 Å². The van der Waals surface area contributed by atoms with Gasteiger partial charge in [-0.3, -0.25) is 0 Å². The zero-order valence-electron chi connectivity index (χ0n) is 11.9. The van der Waals surface area contributed by atoms with E-state index in [9.17, 15) is 0 Å². The molecule has 0 atom stereocenters. The van der Waals surface area contributed by atoms with E-state index in [1.165, 1.54) is 11.8 Å². The molecule has 0 saturated heterocycles. The van der Waals surface area contributed by atoms with Crippen molar-refractivity contribution >= 4 is 10.9 Å². The second-order valence-electron chi connectivity index (χ2n) is 2.92. The first kappa shape index (κ1) is 5.41. The Bertz CT molecular complexity index is 609. The van der Waals surface area contributed by atoms with Crippen molar-refractivity contribution in [3.05, 3.63) is 35.9 Å². The monoisotopic (exact) mass is 194 g/mol. The second kappa shape index (κ2) is 3.72. The zero-order valence-corrected chi connectivity index (χ0v) is 7.92. The minimum Gasteiger partial charge on any atom is -0.417 e. The van der Waals surface area contributed by atoms with E-state index in [2.05, 4.69) is 0 Å². The van der Waals surface area contributed by atoms with Gasteiger partial charge < -0.3 is 10.6 Å². The Morgan fingerprint density at radius 2 is 2.29 bits per heavy atom. The highest BCUT2D eigenvalue weighted by Crippen LogP contribution is 2.20. The number of fused-ring (bicyclic) bond motifs is 1. The third-order valence-corrected chi connectivity index (χ3v) is 2.09. The molecular formula is C11H14N2O. The number of hydrogen-bond acceptors (Lipinski definition) is 2. The van der Waals surface area contributed by atoms with Crippen LogP contribution in [0.1, 0.15) is 11.0 Å². The molecule has 0 aliphatic carbocycles. The predicted octanol–water partition coefficient (Wildman–Crippen LogP) is 1.20. The van der Waals surface area contributed by atoms with E-state index in [4.69, 9.17) is 16.1 Å². The fourth-order valence-electron chi connectivity index (χ4n) is 1.46. The van der Waals surface area contributed by atoms with Gasteiger partial charge in [0.05, 0.1) is 11.0 Å². The summed E-state index contributed by atoms with van der Waals surface area (Å²) in [5.74, 6) is 0. The van der Waals surface area contributed by atoms with E-state index in [0.29, 0.717) is 23.9 Å². The fraction of sp³-hybridized carbons (Fsp3) is 0.273. The van der Waals surface area contributed by atoms with Gasteiger partial charge in [-0.25, -0.2) is 0 Å². The molecule has 2 rings (SSSR count). The number of para-hydroxylation sites is 1. The second-order valence-corrected chi connectivity index (χ2v) is 2.92. The summed E-state index contributed by atoms with van der Waals surface area (Å²) < 4.78 is 32.5. The normalized spacial score (nSPS) is 14.7. The summed E-state index contributed by atoms with van der Waals surface area (Å²) in [4.78, 5) is 5.11. The molecule has 3 heteroatoms. The maximum absolute atomic E-state index is 7.93. The van der Waals surface area contributed by atoms with E-state index in [-0.39, 0.29) is 24.2 Å². The molecule has 0 radical (unpaired) electrons. The summed E-state index contributed by atoms with van der Waals surface area (Å²) in [6, 6.07) is -0.649. The summed E-state index contributed by atoms with van der Waals surface area (Å²) in [6.45, 7) is 0.408. The number of rotatable bonds is 3. The molecule has 0 unspecified atom stereocenters. The van der Waals surface area contributed by atoms with E-state index in [1.807, 2.05) is 0 Å². The predicted molar refractivity (Wildman–Crippen MR) is 57.2 cm³/mol. The molecule has 0 spiro atoms. The molecule has 3 nitrogen and oxygen atoms in total. The van der Waals surface area contributed by atoms with E-state index in [0.717, 1.165) is 5.56 Å². The highest BCUT2D eigenvalue weighted by atomic mass is 16.6. The van der Waals surface area contributed by atoms with Crippen LogP contribution < -0.4 is 10.6 Å². The van der Waals surface area contributed by atoms with Crippen LogP contribution in [-0.4, -0.2) is 18.4 Å². The first-order chi connectivity index (χ1) is 8.52. The quantitative estimate of drug-likeness (QED) is 0.797. The van der Waals surface area contributed by atoms with Gasteiger partial charge in [0.15, 0.2) is 0 Å². The first-order valence-electron chi connectivity index (χ1n) is 6.37. The summed E-state index contributed by atoms with van der Waals surface area (Å²) in [6.07, 6.45) is 2.20. The van der Waals surface area contributed by atoms with Gasteiger partial charge >= 0.3 is 0 Å². The largest absolute Gasteiger partial charge is 0.417 e. The Hall–Kier alpha value is -1.48. The third-order valence-electron chi connectivity index (χ3n) is 2.09. The highest BCUT2D eigenvalue weighted by molar-refractivity contribution is 5.83. The number of benzene rings is 1. The lowest BCUT2D eigenvalue weighted by Crippen LogP contribution is -2.04. The Balaban J connectivity index is 2.92. The maximum atomic E-state index is 7.93. The minimum atomic E-state index is -0.261. The van der Waals surface area contributed by atoms with Gasteiger partial charge in [0.1, 0.15) is 7.11 Å². The summed E-state index contributed by atoms with van der Waals surface area (Å²) >= 11 is 0. The molecule has 1 aromatic carbocycles. The van der Waals surface area contributed by atoms with Crippen LogP contribution in [0.25, 0.3) is 10.9 Å². The van der Waals surface area contributed by atoms with E-state index in [1.54, 1.807) is 6.20 Å². The van der Waals surface area contributed by atoms with Gasteiger partial charge in [0.25, 0.3) is 0 Å². The van der Waals surface area contributed by atoms with Gasteiger partial charge in [-0.2, -0.15) is 4.73 Å². The van der Waals surface area contributed by atoms with Crippen LogP contribution in [0.3, 0.4) is 0 Å². The standard InChI is InChI=1S/C11H14N2O/c1-14-13-8-9(6-7-12)10-4-2-3-5-11(10)13/h2-5,8H,6-7,12H2,1H3/i2D,3D,4D,5D. The van der Waals surface area contributed by atoms with Crippen molar-refractivity contribution < 1.29 is 10.3 Å². The van der Waals surface area contributed by atoms with Gasteiger partial charge in [-0.05, 0) is 24.6 Å². The minimum absolute atomic E-state index is 0.0507. The smallest absolute Gasteiger partial charge is 0.104 e. The Labute approximate surface area is 88.7 Å². The summed E-state index contributed by atoms with van der Waals surface area (Å²) in [5.41, 5.74) is 6.64. The molecule has 2 aromatic rings. The molecule has 2 N–H and O–H groups in total. The topological polar surface area (TPSA) is 40.2 Å². The Kier molecular flexibility index (Phi) is 1.44. The molecule has 74 valence electrons. The van der Waals surface area contributed by atoms with Gasteiger partial charge in [0, 0.05) is 11.6 Å². The van der Waals surface area contributed by atoms with Crippen molar-refractivity contribution in [3.8, 4) is 0 Å². The van der Waals surface area contributed by atoms with Crippen molar-refractivity contribution in [1.29, 1.82) is 0 Å². The third kappa shape index (κ3) is 1.36. The molecular weight excluding hydrogens is 176 g/mol. The molecule has 0 amide bonds. The number of nitrogens with two attached hydrogens (primary N) is 1. The molecule has 0 bridgehead atoms. The Morgan fingerprint density at radius 3 is 3.00 bits per heavy atom. The van der Waals surface area contributed by atoms with Crippen molar-refractivity contribution in [2.24, 2.45) is 5.73 Å². The molecule has 0 aliphatic heterocycles. The average Bonchev–Trinajstić information content (AvgIpc) is 2.73. The van der Waals surface area contributed by atoms with Crippen LogP contribution >= 0.6 is 0 Å². The summed E-state index contributed by atoms with van der Waals surface area (Å²) in [5, 5.41) is 0.480. The number of nitrogens with zero attached hydrogens (tertiary/aromatic N) is 1. The van der Waals surface area contributed by atoms with Crippen LogP contribution in [0.4, 0.5) is 0 Å². The number of hydrogen-bond donors (Lipinski definition) is 1. The van der Waals surface area contributed by atoms with Crippen LogP contribution in [-0.2, 0) is 6.42 Å². The molecule has 1 heterocycles. The van der Waals surface area contributed by atoms with Crippen molar-refractivity contribution in [2.75, 3.05) is 13.7 Å². The van der Waals surface area contributed by atoms with Crippen molar-refractivity contribution in [2.45, 2.75) is 6.42 Å². The van der Waals surface area contributed by atoms with Crippen LogP contribution in [0.15, 0.2) is 30.4 Å². The van der Waals surface area contributed by atoms with Crippen LogP contribution in [0.5, 0.6) is 0 Å². The molecule has 0 saturated carbocycles. The first-order valence-corrected chi connectivity index (χ1v) is 4.37. The average molecular weight is 194 g/mol. The molecule has 0 fully saturated rings. The van der Waals surface area contributed by atoms with Crippen LogP contribution in [0, 0.1) is 0 Å². The molecule has 0 aliphatic rings.